The van der Waals surface area contributed by atoms with E-state index in [2.05, 4.69) is 15.4 Å². The molecule has 0 radical (unpaired) electrons. The van der Waals surface area contributed by atoms with E-state index in [1.807, 2.05) is 29.8 Å². The molecule has 1 N–H and O–H groups in total. The molecule has 3 rings (SSSR count). The average Bonchev–Trinajstić information content (AvgIpc) is 3.20. The highest BCUT2D eigenvalue weighted by Crippen LogP contribution is 2.14. The van der Waals surface area contributed by atoms with Gasteiger partial charge in [0.2, 0.25) is 11.0 Å². The topological polar surface area (TPSA) is 59.8 Å². The van der Waals surface area contributed by atoms with Crippen molar-refractivity contribution in [2.45, 2.75) is 12.8 Å². The van der Waals surface area contributed by atoms with Gasteiger partial charge in [-0.1, -0.05) is 23.7 Å². The number of benzene rings is 1. The zero-order valence-electron chi connectivity index (χ0n) is 12.3. The first-order valence-corrected chi connectivity index (χ1v) is 8.42. The number of amides is 1. The van der Waals surface area contributed by atoms with Crippen molar-refractivity contribution in [3.63, 3.8) is 0 Å². The third-order valence-corrected chi connectivity index (χ3v) is 4.35. The molecule has 0 atom stereocenters. The second-order valence-electron chi connectivity index (χ2n) is 4.98. The smallest absolute Gasteiger partial charge is 0.224 e. The van der Waals surface area contributed by atoms with Gasteiger partial charge in [0.15, 0.2) is 0 Å². The van der Waals surface area contributed by atoms with Crippen LogP contribution in [0.3, 0.4) is 0 Å². The predicted octanol–water partition coefficient (Wildman–Crippen LogP) is 2.88. The monoisotopic (exact) mass is 346 g/mol. The van der Waals surface area contributed by atoms with Crippen LogP contribution in [0.5, 0.6) is 0 Å². The summed E-state index contributed by atoms with van der Waals surface area (Å²) in [6, 6.07) is 9.15. The molecule has 5 nitrogen and oxygen atoms in total. The summed E-state index contributed by atoms with van der Waals surface area (Å²) < 4.78 is 1.73. The van der Waals surface area contributed by atoms with E-state index in [0.717, 1.165) is 16.4 Å². The van der Waals surface area contributed by atoms with Crippen molar-refractivity contribution in [1.82, 2.24) is 20.1 Å². The lowest BCUT2D eigenvalue weighted by atomic mass is 10.1. The zero-order valence-corrected chi connectivity index (χ0v) is 13.8. The fourth-order valence-electron chi connectivity index (χ4n) is 2.08. The molecule has 0 spiro atoms. The number of carbonyl (C=O) groups is 1. The molecule has 0 unspecified atom stereocenters. The number of hydrogen-bond donors (Lipinski definition) is 1. The Balaban J connectivity index is 1.46. The largest absolute Gasteiger partial charge is 0.355 e. The van der Waals surface area contributed by atoms with Gasteiger partial charge in [-0.2, -0.15) is 5.10 Å². The summed E-state index contributed by atoms with van der Waals surface area (Å²) in [5.41, 5.74) is 1.90. The van der Waals surface area contributed by atoms with Gasteiger partial charge in [0, 0.05) is 35.8 Å². The van der Waals surface area contributed by atoms with Crippen LogP contribution < -0.4 is 5.32 Å². The Morgan fingerprint density at radius 2 is 2.13 bits per heavy atom. The molecule has 1 amide bonds. The summed E-state index contributed by atoms with van der Waals surface area (Å²) in [6.07, 6.45) is 4.63. The summed E-state index contributed by atoms with van der Waals surface area (Å²) in [5.74, 6) is -0.00477. The van der Waals surface area contributed by atoms with Gasteiger partial charge >= 0.3 is 0 Å². The van der Waals surface area contributed by atoms with Crippen LogP contribution in [0.2, 0.25) is 5.02 Å². The molecular formula is C16H15ClN4OS. The molecule has 1 aromatic carbocycles. The van der Waals surface area contributed by atoms with Crippen LogP contribution in [0, 0.1) is 0 Å². The van der Waals surface area contributed by atoms with Crippen LogP contribution >= 0.6 is 22.9 Å². The quantitative estimate of drug-likeness (QED) is 0.746. The highest BCUT2D eigenvalue weighted by Gasteiger charge is 2.06. The van der Waals surface area contributed by atoms with Crippen molar-refractivity contribution < 1.29 is 4.79 Å². The number of thiazole rings is 1. The Morgan fingerprint density at radius 3 is 2.87 bits per heavy atom. The average molecular weight is 347 g/mol. The summed E-state index contributed by atoms with van der Waals surface area (Å²) in [6.45, 7) is 0.564. The Kier molecular flexibility index (Phi) is 5.05. The number of hydrogen-bond acceptors (Lipinski definition) is 4. The summed E-state index contributed by atoms with van der Waals surface area (Å²) in [5, 5.41) is 10.5. The Bertz CT molecular complexity index is 768. The number of nitrogens with zero attached hydrogens (tertiary/aromatic N) is 3. The fourth-order valence-corrected chi connectivity index (χ4v) is 3.00. The number of aromatic nitrogens is 3. The van der Waals surface area contributed by atoms with Gasteiger partial charge in [-0.3, -0.25) is 4.79 Å². The van der Waals surface area contributed by atoms with Gasteiger partial charge in [-0.25, -0.2) is 9.67 Å². The van der Waals surface area contributed by atoms with Crippen LogP contribution in [-0.4, -0.2) is 27.2 Å². The molecule has 3 aromatic rings. The maximum atomic E-state index is 11.9. The lowest BCUT2D eigenvalue weighted by molar-refractivity contribution is -0.120. The standard InChI is InChI=1S/C16H15ClN4OS/c17-13-4-2-12(3-5-13)10-15(22)18-8-6-14-11-23-16(20-14)21-9-1-7-19-21/h1-5,7,9,11H,6,8,10H2,(H,18,22). The lowest BCUT2D eigenvalue weighted by Gasteiger charge is -2.04. The van der Waals surface area contributed by atoms with Gasteiger partial charge in [0.1, 0.15) is 0 Å². The van der Waals surface area contributed by atoms with E-state index < -0.39 is 0 Å². The molecule has 7 heteroatoms. The molecular weight excluding hydrogens is 332 g/mol. The van der Waals surface area contributed by atoms with Crippen molar-refractivity contribution in [1.29, 1.82) is 0 Å². The lowest BCUT2D eigenvalue weighted by Crippen LogP contribution is -2.27. The van der Waals surface area contributed by atoms with Gasteiger partial charge in [-0.15, -0.1) is 11.3 Å². The number of halogens is 1. The zero-order chi connectivity index (χ0) is 16.1. The number of nitrogens with one attached hydrogen (secondary N) is 1. The SMILES string of the molecule is O=C(Cc1ccc(Cl)cc1)NCCc1csc(-n2cccn2)n1. The Labute approximate surface area is 142 Å². The molecule has 0 fully saturated rings. The van der Waals surface area contributed by atoms with Crippen molar-refractivity contribution in [3.8, 4) is 5.13 Å². The van der Waals surface area contributed by atoms with E-state index in [0.29, 0.717) is 24.4 Å². The second-order valence-corrected chi connectivity index (χ2v) is 6.25. The van der Waals surface area contributed by atoms with Crippen molar-refractivity contribution in [2.24, 2.45) is 0 Å². The number of carbonyl (C=O) groups excluding carboxylic acids is 1. The molecule has 0 bridgehead atoms. The minimum Gasteiger partial charge on any atom is -0.355 e. The minimum absolute atomic E-state index is 0.00477. The van der Waals surface area contributed by atoms with E-state index in [-0.39, 0.29) is 5.91 Å². The van der Waals surface area contributed by atoms with Crippen LogP contribution in [0.15, 0.2) is 48.1 Å². The van der Waals surface area contributed by atoms with Crippen molar-refractivity contribution in [3.05, 3.63) is 64.4 Å². The molecule has 0 aliphatic heterocycles. The van der Waals surface area contributed by atoms with Gasteiger partial charge in [0.25, 0.3) is 0 Å². The molecule has 2 heterocycles. The summed E-state index contributed by atoms with van der Waals surface area (Å²) in [4.78, 5) is 16.4. The van der Waals surface area contributed by atoms with Gasteiger partial charge in [0.05, 0.1) is 12.1 Å². The second kappa shape index (κ2) is 7.39. The maximum absolute atomic E-state index is 11.9. The van der Waals surface area contributed by atoms with Crippen LogP contribution in [0.4, 0.5) is 0 Å². The summed E-state index contributed by atoms with van der Waals surface area (Å²) >= 11 is 7.36. The minimum atomic E-state index is -0.00477. The highest BCUT2D eigenvalue weighted by atomic mass is 35.5. The first-order chi connectivity index (χ1) is 11.2. The normalized spacial score (nSPS) is 10.7. The Hall–Kier alpha value is -2.18. The van der Waals surface area contributed by atoms with E-state index in [1.165, 1.54) is 11.3 Å². The molecule has 118 valence electrons. The van der Waals surface area contributed by atoms with E-state index in [1.54, 1.807) is 23.0 Å². The van der Waals surface area contributed by atoms with Crippen molar-refractivity contribution in [2.75, 3.05) is 6.54 Å². The fraction of sp³-hybridized carbons (Fsp3) is 0.188. The molecule has 0 aliphatic rings. The van der Waals surface area contributed by atoms with Gasteiger partial charge < -0.3 is 5.32 Å². The van der Waals surface area contributed by atoms with Gasteiger partial charge in [-0.05, 0) is 23.8 Å². The molecule has 2 aromatic heterocycles. The van der Waals surface area contributed by atoms with Crippen LogP contribution in [0.1, 0.15) is 11.3 Å². The highest BCUT2D eigenvalue weighted by molar-refractivity contribution is 7.12. The van der Waals surface area contributed by atoms with E-state index >= 15 is 0 Å². The third kappa shape index (κ3) is 4.40. The predicted molar refractivity (Wildman–Crippen MR) is 91.1 cm³/mol. The van der Waals surface area contributed by atoms with Crippen LogP contribution in [-0.2, 0) is 17.6 Å². The van der Waals surface area contributed by atoms with E-state index in [4.69, 9.17) is 11.6 Å². The maximum Gasteiger partial charge on any atom is 0.224 e. The van der Waals surface area contributed by atoms with E-state index in [9.17, 15) is 4.79 Å². The molecule has 0 aliphatic carbocycles. The molecule has 0 saturated heterocycles. The van der Waals surface area contributed by atoms with Crippen LogP contribution in [0.25, 0.3) is 5.13 Å². The summed E-state index contributed by atoms with van der Waals surface area (Å²) in [7, 11) is 0. The van der Waals surface area contributed by atoms with Crippen molar-refractivity contribution >= 4 is 28.8 Å². The number of rotatable bonds is 6. The third-order valence-electron chi connectivity index (χ3n) is 3.22. The first kappa shape index (κ1) is 15.7. The molecule has 0 saturated carbocycles. The molecule has 23 heavy (non-hydrogen) atoms. The Morgan fingerprint density at radius 1 is 1.30 bits per heavy atom. The first-order valence-electron chi connectivity index (χ1n) is 7.16.